The Bertz CT molecular complexity index is 1990. The number of pyridine rings is 1. The molecule has 3 aromatic carbocycles. The third-order valence-electron chi connectivity index (χ3n) is 7.41. The molecule has 0 aliphatic heterocycles. The van der Waals surface area contributed by atoms with Crippen LogP contribution in [0.2, 0.25) is 0 Å². The first kappa shape index (κ1) is 32.8. The van der Waals surface area contributed by atoms with Gasteiger partial charge in [-0.2, -0.15) is 4.98 Å². The number of amides is 1. The van der Waals surface area contributed by atoms with Gasteiger partial charge in [0.15, 0.2) is 23.1 Å². The first-order valence-corrected chi connectivity index (χ1v) is 14.7. The summed E-state index contributed by atoms with van der Waals surface area (Å²) < 4.78 is 43.1. The molecule has 1 atom stereocenters. The van der Waals surface area contributed by atoms with Gasteiger partial charge in [-0.3, -0.25) is 14.2 Å². The van der Waals surface area contributed by atoms with E-state index in [1.165, 1.54) is 37.1 Å². The molecule has 2 N–H and O–H groups in total. The summed E-state index contributed by atoms with van der Waals surface area (Å²) in [4.78, 5) is 37.9. The Morgan fingerprint density at radius 3 is 2.32 bits per heavy atom. The number of aromatic nitrogens is 3. The van der Waals surface area contributed by atoms with Crippen molar-refractivity contribution in [2.75, 3.05) is 45.5 Å². The van der Waals surface area contributed by atoms with Crippen LogP contribution in [-0.4, -0.2) is 60.2 Å². The van der Waals surface area contributed by atoms with Gasteiger partial charge in [0.25, 0.3) is 5.56 Å². The third-order valence-corrected chi connectivity index (χ3v) is 7.41. The van der Waals surface area contributed by atoms with E-state index in [9.17, 15) is 9.59 Å². The molecule has 5 rings (SSSR count). The molecule has 1 amide bonds. The maximum absolute atomic E-state index is 15.7. The molecule has 1 unspecified atom stereocenters. The second-order valence-corrected chi connectivity index (χ2v) is 10.9. The van der Waals surface area contributed by atoms with Gasteiger partial charge in [0.1, 0.15) is 5.65 Å². The second kappa shape index (κ2) is 14.2. The smallest absolute Gasteiger partial charge is 0.260 e. The van der Waals surface area contributed by atoms with E-state index >= 15 is 8.78 Å². The lowest BCUT2D eigenvalue weighted by atomic mass is 10.0. The molecule has 0 saturated carbocycles. The van der Waals surface area contributed by atoms with Gasteiger partial charge < -0.3 is 25.0 Å². The normalized spacial score (nSPS) is 12.0. The molecule has 0 spiro atoms. The Labute approximate surface area is 270 Å². The zero-order valence-corrected chi connectivity index (χ0v) is 26.5. The van der Waals surface area contributed by atoms with Gasteiger partial charge in [0.05, 0.1) is 31.4 Å². The van der Waals surface area contributed by atoms with Crippen LogP contribution in [0.15, 0.2) is 89.9 Å². The van der Waals surface area contributed by atoms with Gasteiger partial charge in [0.2, 0.25) is 11.9 Å². The molecule has 2 aromatic heterocycles. The van der Waals surface area contributed by atoms with Gasteiger partial charge in [-0.05, 0) is 56.9 Å². The molecule has 0 fully saturated rings. The van der Waals surface area contributed by atoms with Crippen LogP contribution in [0.4, 0.5) is 26.1 Å². The highest BCUT2D eigenvalue weighted by molar-refractivity contribution is 5.99. The highest BCUT2D eigenvalue weighted by Crippen LogP contribution is 2.37. The van der Waals surface area contributed by atoms with Crippen LogP contribution in [0.3, 0.4) is 0 Å². The number of carbonyl (C=O) groups is 1. The highest BCUT2D eigenvalue weighted by Gasteiger charge is 2.27. The molecule has 0 bridgehead atoms. The van der Waals surface area contributed by atoms with E-state index in [1.54, 1.807) is 37.3 Å². The van der Waals surface area contributed by atoms with Crippen molar-refractivity contribution in [3.63, 3.8) is 0 Å². The van der Waals surface area contributed by atoms with Crippen LogP contribution < -0.4 is 25.7 Å². The second-order valence-electron chi connectivity index (χ2n) is 10.9. The zero-order valence-electron chi connectivity index (χ0n) is 26.5. The van der Waals surface area contributed by atoms with E-state index in [2.05, 4.69) is 20.6 Å². The quantitative estimate of drug-likeness (QED) is 0.165. The van der Waals surface area contributed by atoms with Gasteiger partial charge in [-0.1, -0.05) is 36.4 Å². The summed E-state index contributed by atoms with van der Waals surface area (Å²) in [5.41, 5.74) is 0.463. The van der Waals surface area contributed by atoms with Crippen molar-refractivity contribution in [3.8, 4) is 22.6 Å². The van der Waals surface area contributed by atoms with Crippen molar-refractivity contribution in [2.24, 2.45) is 0 Å². The number of methoxy groups -OCH3 is 2. The van der Waals surface area contributed by atoms with Crippen molar-refractivity contribution in [1.29, 1.82) is 0 Å². The first-order valence-electron chi connectivity index (χ1n) is 14.7. The summed E-state index contributed by atoms with van der Waals surface area (Å²) in [6, 6.07) is 17.9. The van der Waals surface area contributed by atoms with Crippen LogP contribution in [-0.2, 0) is 4.79 Å². The number of nitrogens with zero attached hydrogens (tertiary/aromatic N) is 4. The largest absolute Gasteiger partial charge is 0.494 e. The van der Waals surface area contributed by atoms with Crippen molar-refractivity contribution >= 4 is 34.3 Å². The fourth-order valence-corrected chi connectivity index (χ4v) is 5.07. The number of hydrogen-bond acceptors (Lipinski definition) is 8. The molecular formula is C35H34F2N6O4. The van der Waals surface area contributed by atoms with Crippen molar-refractivity contribution in [1.82, 2.24) is 19.4 Å². The predicted molar refractivity (Wildman–Crippen MR) is 179 cm³/mol. The molecule has 2 heterocycles. The number of fused-ring (bicyclic) bond motifs is 1. The minimum Gasteiger partial charge on any atom is -0.494 e. The van der Waals surface area contributed by atoms with Crippen molar-refractivity contribution < 1.29 is 23.0 Å². The lowest BCUT2D eigenvalue weighted by Crippen LogP contribution is -2.27. The molecule has 242 valence electrons. The average Bonchev–Trinajstić information content (AvgIpc) is 3.05. The van der Waals surface area contributed by atoms with E-state index in [0.717, 1.165) is 11.8 Å². The van der Waals surface area contributed by atoms with Gasteiger partial charge >= 0.3 is 0 Å². The maximum Gasteiger partial charge on any atom is 0.260 e. The number of anilines is 3. The summed E-state index contributed by atoms with van der Waals surface area (Å²) in [5, 5.41) is 6.30. The van der Waals surface area contributed by atoms with Crippen LogP contribution in [0.25, 0.3) is 22.2 Å². The van der Waals surface area contributed by atoms with E-state index in [0.29, 0.717) is 23.2 Å². The lowest BCUT2D eigenvalue weighted by Gasteiger charge is -2.21. The fourth-order valence-electron chi connectivity index (χ4n) is 5.07. The molecule has 10 nitrogen and oxygen atoms in total. The predicted octanol–water partition coefficient (Wildman–Crippen LogP) is 6.16. The highest BCUT2D eigenvalue weighted by atomic mass is 19.1. The standard InChI is InChI=1S/C35H34F2N6O4/c1-21(22-11-9-14-25(17-22)39-29(44)15-10-16-42(2)3)43-33-23(20-38-35(41-33)40-24-12-7-6-8-13-24)18-26(34(43)45)30-31(36)27(46-4)19-28(47-5)32(30)37/h6-15,17-21H,16H2,1-5H3,(H,39,44)(H,38,40,41)/b15-10+. The van der Waals surface area contributed by atoms with Crippen LogP contribution in [0.1, 0.15) is 18.5 Å². The van der Waals surface area contributed by atoms with Crippen LogP contribution in [0, 0.1) is 11.6 Å². The summed E-state index contributed by atoms with van der Waals surface area (Å²) in [5.74, 6) is -2.81. The van der Waals surface area contributed by atoms with E-state index in [-0.39, 0.29) is 34.6 Å². The molecular weight excluding hydrogens is 606 g/mol. The molecule has 0 aliphatic carbocycles. The number of likely N-dealkylation sites (N-methyl/N-ethyl adjacent to an activating group) is 1. The van der Waals surface area contributed by atoms with E-state index < -0.39 is 28.8 Å². The Morgan fingerprint density at radius 2 is 1.66 bits per heavy atom. The van der Waals surface area contributed by atoms with Gasteiger partial charge in [-0.25, -0.2) is 13.8 Å². The summed E-state index contributed by atoms with van der Waals surface area (Å²) in [6.45, 7) is 2.36. The number of hydrogen-bond donors (Lipinski definition) is 2. The Balaban J connectivity index is 1.68. The topological polar surface area (TPSA) is 111 Å². The molecule has 0 aliphatic rings. The number of nitrogens with one attached hydrogen (secondary N) is 2. The molecule has 5 aromatic rings. The number of halogens is 2. The number of rotatable bonds is 11. The number of benzene rings is 3. The lowest BCUT2D eigenvalue weighted by molar-refractivity contribution is -0.111. The SMILES string of the molecule is COc1cc(OC)c(F)c(-c2cc3cnc(Nc4ccccc4)nc3n(C(C)c3cccc(NC(=O)/C=C/CN(C)C)c3)c2=O)c1F. The fraction of sp³-hybridized carbons (Fsp3) is 0.200. The van der Waals surface area contributed by atoms with E-state index in [1.807, 2.05) is 49.3 Å². The van der Waals surface area contributed by atoms with Gasteiger partial charge in [0, 0.05) is 41.6 Å². The summed E-state index contributed by atoms with van der Waals surface area (Å²) in [6.07, 6.45) is 4.66. The Morgan fingerprint density at radius 1 is 0.979 bits per heavy atom. The zero-order chi connectivity index (χ0) is 33.7. The number of carbonyl (C=O) groups excluding carboxylic acids is 1. The monoisotopic (exact) mass is 640 g/mol. The molecule has 12 heteroatoms. The van der Waals surface area contributed by atoms with Crippen molar-refractivity contribution in [2.45, 2.75) is 13.0 Å². The molecule has 0 saturated heterocycles. The maximum atomic E-state index is 15.7. The minimum atomic E-state index is -1.06. The average molecular weight is 641 g/mol. The van der Waals surface area contributed by atoms with Crippen LogP contribution >= 0.6 is 0 Å². The summed E-state index contributed by atoms with van der Waals surface area (Å²) in [7, 11) is 6.26. The van der Waals surface area contributed by atoms with Crippen LogP contribution in [0.5, 0.6) is 11.5 Å². The van der Waals surface area contributed by atoms with E-state index in [4.69, 9.17) is 9.47 Å². The summed E-state index contributed by atoms with van der Waals surface area (Å²) >= 11 is 0. The number of ether oxygens (including phenoxy) is 2. The third kappa shape index (κ3) is 7.12. The van der Waals surface area contributed by atoms with Crippen molar-refractivity contribution in [3.05, 3.63) is 113 Å². The number of para-hydroxylation sites is 1. The minimum absolute atomic E-state index is 0.211. The molecule has 0 radical (unpaired) electrons. The molecule has 47 heavy (non-hydrogen) atoms. The van der Waals surface area contributed by atoms with Gasteiger partial charge in [-0.15, -0.1) is 0 Å². The first-order chi connectivity index (χ1) is 22.6. The Kier molecular flexibility index (Phi) is 9.91. The Hall–Kier alpha value is -5.62.